The van der Waals surface area contributed by atoms with Crippen LogP contribution in [0.3, 0.4) is 0 Å². The first-order valence-corrected chi connectivity index (χ1v) is 15.1. The highest BCUT2D eigenvalue weighted by Gasteiger charge is 2.34. The number of nitrogens with zero attached hydrogens (tertiary/aromatic N) is 2. The molecule has 6 rings (SSSR count). The Kier molecular flexibility index (Phi) is 7.73. The molecule has 0 bridgehead atoms. The number of aryl methyl sites for hydroxylation is 1. The van der Waals surface area contributed by atoms with Gasteiger partial charge in [-0.3, -0.25) is 14.4 Å². The van der Waals surface area contributed by atoms with Crippen LogP contribution in [0.5, 0.6) is 0 Å². The number of aromatic nitrogens is 1. The monoisotopic (exact) mass is 565 g/mol. The van der Waals surface area contributed by atoms with Gasteiger partial charge in [0, 0.05) is 47.3 Å². The van der Waals surface area contributed by atoms with Gasteiger partial charge in [0.15, 0.2) is 0 Å². The van der Waals surface area contributed by atoms with Crippen LogP contribution in [0.2, 0.25) is 0 Å². The molecule has 2 fully saturated rings. The maximum Gasteiger partial charge on any atom is 0.256 e. The number of aromatic amines is 1. The topological polar surface area (TPSA) is 97.5 Å². The van der Waals surface area contributed by atoms with Crippen molar-refractivity contribution in [2.24, 2.45) is 0 Å². The number of anilines is 1. The number of rotatable bonds is 7. The van der Waals surface area contributed by atoms with Gasteiger partial charge < -0.3 is 25.4 Å². The number of carbonyl (C=O) groups excluding carboxylic acids is 3. The molecule has 4 heterocycles. The second-order valence-corrected chi connectivity index (χ2v) is 11.8. The first-order chi connectivity index (χ1) is 20.3. The van der Waals surface area contributed by atoms with Crippen LogP contribution in [0, 0.1) is 13.8 Å². The van der Waals surface area contributed by atoms with Crippen molar-refractivity contribution in [2.75, 3.05) is 31.5 Å². The Bertz CT molecular complexity index is 1550. The van der Waals surface area contributed by atoms with Crippen LogP contribution in [-0.2, 0) is 4.79 Å². The lowest BCUT2D eigenvalue weighted by Crippen LogP contribution is -2.42. The SMILES string of the molecule is Cc1[nH]c(/C=C2\C(=O)Nc3ccc(C(=O)N[C@@H](C)c4ccccc4)cc32)c(C)c1C(=O)N1CCC[C@H]1CN1CCCC1. The summed E-state index contributed by atoms with van der Waals surface area (Å²) in [5.74, 6) is -0.373. The minimum absolute atomic E-state index is 0.0652. The molecule has 8 nitrogen and oxygen atoms in total. The van der Waals surface area contributed by atoms with Gasteiger partial charge >= 0.3 is 0 Å². The average Bonchev–Trinajstić information content (AvgIpc) is 3.78. The predicted molar refractivity (Wildman–Crippen MR) is 165 cm³/mol. The molecule has 1 aromatic heterocycles. The fourth-order valence-corrected chi connectivity index (χ4v) is 6.66. The number of likely N-dealkylation sites (tertiary alicyclic amines) is 2. The Labute approximate surface area is 247 Å². The summed E-state index contributed by atoms with van der Waals surface area (Å²) in [6.45, 7) is 9.78. The summed E-state index contributed by atoms with van der Waals surface area (Å²) in [5, 5.41) is 5.97. The summed E-state index contributed by atoms with van der Waals surface area (Å²) in [4.78, 5) is 47.9. The molecule has 0 unspecified atom stereocenters. The number of nitrogens with one attached hydrogen (secondary N) is 3. The Morgan fingerprint density at radius 3 is 2.57 bits per heavy atom. The summed E-state index contributed by atoms with van der Waals surface area (Å²) < 4.78 is 0. The fraction of sp³-hybridized carbons (Fsp3) is 0.382. The number of H-pyrrole nitrogens is 1. The highest BCUT2D eigenvalue weighted by Crippen LogP contribution is 2.35. The average molecular weight is 566 g/mol. The van der Waals surface area contributed by atoms with Gasteiger partial charge in [0.2, 0.25) is 0 Å². The van der Waals surface area contributed by atoms with E-state index in [2.05, 4.69) is 25.4 Å². The molecule has 0 radical (unpaired) electrons. The van der Waals surface area contributed by atoms with Crippen LogP contribution in [-0.4, -0.2) is 64.7 Å². The van der Waals surface area contributed by atoms with Crippen molar-refractivity contribution in [3.63, 3.8) is 0 Å². The lowest BCUT2D eigenvalue weighted by Gasteiger charge is -2.28. The number of benzene rings is 2. The molecule has 3 aromatic rings. The molecule has 3 amide bonds. The minimum Gasteiger partial charge on any atom is -0.358 e. The summed E-state index contributed by atoms with van der Waals surface area (Å²) in [6, 6.07) is 15.1. The molecule has 3 aliphatic rings. The summed E-state index contributed by atoms with van der Waals surface area (Å²) in [5.41, 5.74) is 6.36. The van der Waals surface area contributed by atoms with Crippen LogP contribution < -0.4 is 10.6 Å². The highest BCUT2D eigenvalue weighted by molar-refractivity contribution is 6.35. The van der Waals surface area contributed by atoms with Gasteiger partial charge in [0.25, 0.3) is 17.7 Å². The van der Waals surface area contributed by atoms with Gasteiger partial charge in [-0.15, -0.1) is 0 Å². The summed E-state index contributed by atoms with van der Waals surface area (Å²) in [6.07, 6.45) is 6.36. The zero-order valence-corrected chi connectivity index (χ0v) is 24.6. The molecule has 0 spiro atoms. The zero-order chi connectivity index (χ0) is 29.4. The fourth-order valence-electron chi connectivity index (χ4n) is 6.66. The van der Waals surface area contributed by atoms with Gasteiger partial charge in [0.05, 0.1) is 17.2 Å². The van der Waals surface area contributed by atoms with E-state index in [1.807, 2.05) is 51.1 Å². The van der Waals surface area contributed by atoms with E-state index in [0.29, 0.717) is 28.0 Å². The molecule has 2 atom stereocenters. The van der Waals surface area contributed by atoms with Gasteiger partial charge in [-0.25, -0.2) is 0 Å². The van der Waals surface area contributed by atoms with Gasteiger partial charge in [-0.1, -0.05) is 30.3 Å². The van der Waals surface area contributed by atoms with Crippen molar-refractivity contribution < 1.29 is 14.4 Å². The van der Waals surface area contributed by atoms with E-state index in [4.69, 9.17) is 0 Å². The molecular weight excluding hydrogens is 526 g/mol. The van der Waals surface area contributed by atoms with Crippen LogP contribution >= 0.6 is 0 Å². The smallest absolute Gasteiger partial charge is 0.256 e. The maximum absolute atomic E-state index is 13.8. The molecule has 3 N–H and O–H groups in total. The molecule has 2 aromatic carbocycles. The van der Waals surface area contributed by atoms with E-state index in [0.717, 1.165) is 61.5 Å². The zero-order valence-electron chi connectivity index (χ0n) is 24.6. The second kappa shape index (κ2) is 11.6. The van der Waals surface area contributed by atoms with Crippen molar-refractivity contribution in [3.05, 3.63) is 87.7 Å². The molecule has 42 heavy (non-hydrogen) atoms. The third-order valence-electron chi connectivity index (χ3n) is 9.00. The summed E-state index contributed by atoms with van der Waals surface area (Å²) in [7, 11) is 0. The maximum atomic E-state index is 13.8. The Morgan fingerprint density at radius 2 is 1.81 bits per heavy atom. The van der Waals surface area contributed by atoms with Crippen LogP contribution in [0.4, 0.5) is 5.69 Å². The van der Waals surface area contributed by atoms with Gasteiger partial charge in [-0.2, -0.15) is 0 Å². The summed E-state index contributed by atoms with van der Waals surface area (Å²) >= 11 is 0. The first kappa shape index (κ1) is 28.0. The lowest BCUT2D eigenvalue weighted by molar-refractivity contribution is -0.110. The molecule has 3 aliphatic heterocycles. The third-order valence-corrected chi connectivity index (χ3v) is 9.00. The molecular formula is C34H39N5O3. The van der Waals surface area contributed by atoms with E-state index in [1.54, 1.807) is 24.3 Å². The molecule has 8 heteroatoms. The highest BCUT2D eigenvalue weighted by atomic mass is 16.2. The number of amides is 3. The first-order valence-electron chi connectivity index (χ1n) is 15.1. The van der Waals surface area contributed by atoms with Crippen LogP contribution in [0.15, 0.2) is 48.5 Å². The Morgan fingerprint density at radius 1 is 1.05 bits per heavy atom. The molecule has 2 saturated heterocycles. The van der Waals surface area contributed by atoms with E-state index >= 15 is 0 Å². The number of hydrogen-bond acceptors (Lipinski definition) is 4. The van der Waals surface area contributed by atoms with E-state index in [1.165, 1.54) is 12.8 Å². The number of hydrogen-bond donors (Lipinski definition) is 3. The molecule has 218 valence electrons. The third kappa shape index (κ3) is 5.39. The van der Waals surface area contributed by atoms with Crippen molar-refractivity contribution in [1.82, 2.24) is 20.1 Å². The molecule has 0 saturated carbocycles. The van der Waals surface area contributed by atoms with Crippen molar-refractivity contribution in [3.8, 4) is 0 Å². The quantitative estimate of drug-likeness (QED) is 0.338. The standard InChI is InChI=1S/C34H39N5O3/c1-21-30(35-23(3)31(21)34(42)39-17-9-12-26(39)20-38-15-7-8-16-38)19-28-27-18-25(13-14-29(27)37-33(28)41)32(40)36-22(2)24-10-5-4-6-11-24/h4-6,10-11,13-14,18-19,22,26,35H,7-9,12,15-17,20H2,1-3H3,(H,36,40)(H,37,41)/b28-19-/t22-,26-/m0/s1. The second-order valence-electron chi connectivity index (χ2n) is 11.8. The molecule has 0 aliphatic carbocycles. The van der Waals surface area contributed by atoms with Crippen molar-refractivity contribution in [1.29, 1.82) is 0 Å². The Balaban J connectivity index is 1.24. The van der Waals surface area contributed by atoms with Crippen molar-refractivity contribution >= 4 is 35.1 Å². The Hall–Kier alpha value is -4.17. The number of carbonyl (C=O) groups is 3. The van der Waals surface area contributed by atoms with Crippen LogP contribution in [0.1, 0.15) is 87.4 Å². The van der Waals surface area contributed by atoms with Crippen LogP contribution in [0.25, 0.3) is 11.6 Å². The number of fused-ring (bicyclic) bond motifs is 1. The largest absolute Gasteiger partial charge is 0.358 e. The van der Waals surface area contributed by atoms with Crippen molar-refractivity contribution in [2.45, 2.75) is 58.5 Å². The lowest BCUT2D eigenvalue weighted by atomic mass is 10.0. The van der Waals surface area contributed by atoms with Gasteiger partial charge in [0.1, 0.15) is 0 Å². The predicted octanol–water partition coefficient (Wildman–Crippen LogP) is 5.32. The van der Waals surface area contributed by atoms with E-state index < -0.39 is 0 Å². The van der Waals surface area contributed by atoms with Gasteiger partial charge in [-0.05, 0) is 94.9 Å². The van der Waals surface area contributed by atoms with E-state index in [9.17, 15) is 14.4 Å². The minimum atomic E-state index is -0.232. The van der Waals surface area contributed by atoms with E-state index in [-0.39, 0.29) is 29.8 Å². The normalized spacial score (nSPS) is 20.2.